The van der Waals surface area contributed by atoms with Crippen molar-refractivity contribution in [3.63, 3.8) is 0 Å². The van der Waals surface area contributed by atoms with Crippen molar-refractivity contribution in [3.8, 4) is 17.2 Å². The van der Waals surface area contributed by atoms with Crippen LogP contribution in [0.15, 0.2) is 59.0 Å². The van der Waals surface area contributed by atoms with Gasteiger partial charge in [-0.05, 0) is 31.2 Å². The third-order valence-corrected chi connectivity index (χ3v) is 3.05. The van der Waals surface area contributed by atoms with E-state index in [2.05, 4.69) is 15.5 Å². The van der Waals surface area contributed by atoms with E-state index < -0.39 is 0 Å². The topological polar surface area (TPSA) is 77.2 Å². The van der Waals surface area contributed by atoms with Crippen molar-refractivity contribution in [3.05, 3.63) is 60.2 Å². The lowest BCUT2D eigenvalue weighted by atomic mass is 10.1. The first-order valence-electron chi connectivity index (χ1n) is 7.09. The van der Waals surface area contributed by atoms with Crippen LogP contribution in [0.4, 0.5) is 6.01 Å². The summed E-state index contributed by atoms with van der Waals surface area (Å²) >= 11 is 0. The van der Waals surface area contributed by atoms with Crippen molar-refractivity contribution in [2.24, 2.45) is 0 Å². The van der Waals surface area contributed by atoms with Crippen molar-refractivity contribution in [1.82, 2.24) is 10.2 Å². The van der Waals surface area contributed by atoms with Gasteiger partial charge in [-0.3, -0.25) is 10.1 Å². The standard InChI is InChI=1S/C17H15N3O3/c1-12-6-5-7-13(10-12)16-19-20-17(23-16)18-15(21)11-22-14-8-3-2-4-9-14/h2-10H,11H2,1H3,(H,18,20,21). The summed E-state index contributed by atoms with van der Waals surface area (Å²) in [5, 5.41) is 10.3. The molecule has 3 aromatic rings. The van der Waals surface area contributed by atoms with Crippen LogP contribution in [0.2, 0.25) is 0 Å². The molecule has 0 saturated heterocycles. The summed E-state index contributed by atoms with van der Waals surface area (Å²) in [5.41, 5.74) is 1.89. The summed E-state index contributed by atoms with van der Waals surface area (Å²) in [6, 6.07) is 16.8. The number of para-hydroxylation sites is 1. The van der Waals surface area contributed by atoms with Crippen LogP contribution in [-0.4, -0.2) is 22.7 Å². The molecule has 1 amide bonds. The van der Waals surface area contributed by atoms with Crippen molar-refractivity contribution >= 4 is 11.9 Å². The molecule has 2 aromatic carbocycles. The van der Waals surface area contributed by atoms with Gasteiger partial charge >= 0.3 is 6.01 Å². The Hall–Kier alpha value is -3.15. The zero-order valence-electron chi connectivity index (χ0n) is 12.5. The number of carbonyl (C=O) groups excluding carboxylic acids is 1. The van der Waals surface area contributed by atoms with Gasteiger partial charge in [0.05, 0.1) is 0 Å². The van der Waals surface area contributed by atoms with E-state index >= 15 is 0 Å². The number of aromatic nitrogens is 2. The molecule has 0 unspecified atom stereocenters. The van der Waals surface area contributed by atoms with Gasteiger partial charge in [-0.15, -0.1) is 5.10 Å². The van der Waals surface area contributed by atoms with Crippen molar-refractivity contribution in [1.29, 1.82) is 0 Å². The minimum atomic E-state index is -0.367. The lowest BCUT2D eigenvalue weighted by molar-refractivity contribution is -0.118. The predicted octanol–water partition coefficient (Wildman–Crippen LogP) is 3.06. The highest BCUT2D eigenvalue weighted by Crippen LogP contribution is 2.20. The van der Waals surface area contributed by atoms with Crippen LogP contribution in [0.25, 0.3) is 11.5 Å². The first-order chi connectivity index (χ1) is 11.2. The second-order valence-corrected chi connectivity index (χ2v) is 4.93. The zero-order chi connectivity index (χ0) is 16.1. The Bertz CT molecular complexity index is 800. The summed E-state index contributed by atoms with van der Waals surface area (Å²) < 4.78 is 10.8. The molecule has 0 radical (unpaired) electrons. The summed E-state index contributed by atoms with van der Waals surface area (Å²) in [4.78, 5) is 11.8. The van der Waals surface area contributed by atoms with Crippen LogP contribution in [0.3, 0.4) is 0 Å². The fourth-order valence-corrected chi connectivity index (χ4v) is 1.99. The molecule has 23 heavy (non-hydrogen) atoms. The molecule has 0 spiro atoms. The number of amides is 1. The van der Waals surface area contributed by atoms with E-state index in [1.54, 1.807) is 12.1 Å². The Morgan fingerprint density at radius 3 is 2.74 bits per heavy atom. The Kier molecular flexibility index (Phi) is 4.33. The Labute approximate surface area is 133 Å². The maximum absolute atomic E-state index is 11.8. The fraction of sp³-hybridized carbons (Fsp3) is 0.118. The molecule has 0 aliphatic carbocycles. The average Bonchev–Trinajstić information content (AvgIpc) is 3.02. The second-order valence-electron chi connectivity index (χ2n) is 4.93. The van der Waals surface area contributed by atoms with Crippen LogP contribution >= 0.6 is 0 Å². The van der Waals surface area contributed by atoms with E-state index in [0.29, 0.717) is 11.6 Å². The molecular formula is C17H15N3O3. The van der Waals surface area contributed by atoms with Gasteiger partial charge < -0.3 is 9.15 Å². The molecule has 0 saturated carbocycles. The minimum absolute atomic E-state index is 0.0446. The zero-order valence-corrected chi connectivity index (χ0v) is 12.5. The van der Waals surface area contributed by atoms with Gasteiger partial charge in [0.1, 0.15) is 5.75 Å². The van der Waals surface area contributed by atoms with Gasteiger partial charge in [-0.25, -0.2) is 0 Å². The van der Waals surface area contributed by atoms with Crippen LogP contribution in [0.1, 0.15) is 5.56 Å². The predicted molar refractivity (Wildman–Crippen MR) is 85.0 cm³/mol. The first kappa shape index (κ1) is 14.8. The number of nitrogens with zero attached hydrogens (tertiary/aromatic N) is 2. The van der Waals surface area contributed by atoms with Gasteiger partial charge in [0.2, 0.25) is 5.89 Å². The largest absolute Gasteiger partial charge is 0.484 e. The summed E-state index contributed by atoms with van der Waals surface area (Å²) in [5.74, 6) is 0.606. The van der Waals surface area contributed by atoms with Crippen molar-refractivity contribution in [2.75, 3.05) is 11.9 Å². The number of carbonyl (C=O) groups is 1. The third kappa shape index (κ3) is 3.94. The molecule has 6 heteroatoms. The molecule has 0 atom stereocenters. The molecule has 0 aliphatic heterocycles. The van der Waals surface area contributed by atoms with Gasteiger partial charge in [-0.2, -0.15) is 0 Å². The van der Waals surface area contributed by atoms with Crippen molar-refractivity contribution in [2.45, 2.75) is 6.92 Å². The second kappa shape index (κ2) is 6.74. The van der Waals surface area contributed by atoms with Crippen molar-refractivity contribution < 1.29 is 13.9 Å². The smallest absolute Gasteiger partial charge is 0.322 e. The molecule has 3 rings (SSSR count). The van der Waals surface area contributed by atoms with E-state index in [4.69, 9.17) is 9.15 Å². The Morgan fingerprint density at radius 1 is 1.13 bits per heavy atom. The van der Waals surface area contributed by atoms with E-state index in [1.165, 1.54) is 0 Å². The average molecular weight is 309 g/mol. The minimum Gasteiger partial charge on any atom is -0.484 e. The first-order valence-corrected chi connectivity index (χ1v) is 7.09. The lowest BCUT2D eigenvalue weighted by Crippen LogP contribution is -2.20. The molecule has 0 fully saturated rings. The highest BCUT2D eigenvalue weighted by atomic mass is 16.5. The fourth-order valence-electron chi connectivity index (χ4n) is 1.99. The molecular weight excluding hydrogens is 294 g/mol. The highest BCUT2D eigenvalue weighted by Gasteiger charge is 2.11. The Balaban J connectivity index is 1.59. The number of hydrogen-bond acceptors (Lipinski definition) is 5. The molecule has 116 valence electrons. The van der Waals surface area contributed by atoms with E-state index in [0.717, 1.165) is 11.1 Å². The van der Waals surface area contributed by atoms with Crippen LogP contribution in [0, 0.1) is 6.92 Å². The number of hydrogen-bond donors (Lipinski definition) is 1. The van der Waals surface area contributed by atoms with Crippen LogP contribution in [0.5, 0.6) is 5.75 Å². The summed E-state index contributed by atoms with van der Waals surface area (Å²) in [6.45, 7) is 1.84. The van der Waals surface area contributed by atoms with Gasteiger partial charge in [0, 0.05) is 5.56 Å². The molecule has 6 nitrogen and oxygen atoms in total. The molecule has 1 heterocycles. The SMILES string of the molecule is Cc1cccc(-c2nnc(NC(=O)COc3ccccc3)o2)c1. The van der Waals surface area contributed by atoms with E-state index in [-0.39, 0.29) is 18.5 Å². The molecule has 1 aromatic heterocycles. The number of benzene rings is 2. The number of rotatable bonds is 5. The summed E-state index contributed by atoms with van der Waals surface area (Å²) in [6.07, 6.45) is 0. The number of anilines is 1. The monoisotopic (exact) mass is 309 g/mol. The van der Waals surface area contributed by atoms with Gasteiger partial charge in [-0.1, -0.05) is 41.0 Å². The molecule has 0 aliphatic rings. The Morgan fingerprint density at radius 2 is 1.96 bits per heavy atom. The van der Waals surface area contributed by atoms with Crippen LogP contribution < -0.4 is 10.1 Å². The number of ether oxygens (including phenoxy) is 1. The van der Waals surface area contributed by atoms with E-state index in [9.17, 15) is 4.79 Å². The lowest BCUT2D eigenvalue weighted by Gasteiger charge is -2.04. The van der Waals surface area contributed by atoms with Gasteiger partial charge in [0.25, 0.3) is 5.91 Å². The molecule has 0 bridgehead atoms. The third-order valence-electron chi connectivity index (χ3n) is 3.05. The summed E-state index contributed by atoms with van der Waals surface area (Å²) in [7, 11) is 0. The normalized spacial score (nSPS) is 10.3. The highest BCUT2D eigenvalue weighted by molar-refractivity contribution is 5.89. The maximum Gasteiger partial charge on any atom is 0.322 e. The molecule has 1 N–H and O–H groups in total. The quantitative estimate of drug-likeness (QED) is 0.783. The van der Waals surface area contributed by atoms with E-state index in [1.807, 2.05) is 49.4 Å². The number of aryl methyl sites for hydroxylation is 1. The van der Waals surface area contributed by atoms with Gasteiger partial charge in [0.15, 0.2) is 6.61 Å². The maximum atomic E-state index is 11.8. The number of nitrogens with one attached hydrogen (secondary N) is 1. The van der Waals surface area contributed by atoms with Crippen LogP contribution in [-0.2, 0) is 4.79 Å².